The van der Waals surface area contributed by atoms with Gasteiger partial charge in [-0.15, -0.1) is 12.4 Å². The van der Waals surface area contributed by atoms with Crippen molar-refractivity contribution < 1.29 is 9.53 Å². The molecule has 3 N–H and O–H groups in total. The second-order valence-corrected chi connectivity index (χ2v) is 7.43. The van der Waals surface area contributed by atoms with Gasteiger partial charge in [0.2, 0.25) is 5.91 Å². The summed E-state index contributed by atoms with van der Waals surface area (Å²) in [6.45, 7) is 3.87. The zero-order chi connectivity index (χ0) is 16.5. The van der Waals surface area contributed by atoms with E-state index >= 15 is 0 Å². The summed E-state index contributed by atoms with van der Waals surface area (Å²) in [7, 11) is 0. The standard InChI is InChI=1S/C19H28N2O2.ClH/c1-3-10-18(2,20)17(22)21-15-13-19(11-6-7-12-19)23-16-9-5-4-8-14(15)16;/h4-5,8-9,15H,3,6-7,10-13,20H2,1-2H3,(H,21,22);1H. The Morgan fingerprint density at radius 1 is 1.38 bits per heavy atom. The molecular formula is C19H29ClN2O2. The molecule has 1 amide bonds. The lowest BCUT2D eigenvalue weighted by molar-refractivity contribution is -0.127. The predicted molar refractivity (Wildman–Crippen MR) is 98.5 cm³/mol. The van der Waals surface area contributed by atoms with Crippen molar-refractivity contribution in [3.63, 3.8) is 0 Å². The zero-order valence-corrected chi connectivity index (χ0v) is 15.5. The SMILES string of the molecule is CCCC(C)(N)C(=O)NC1CC2(CCCC2)Oc2ccccc21.Cl. The summed E-state index contributed by atoms with van der Waals surface area (Å²) >= 11 is 0. The number of nitrogens with one attached hydrogen (secondary N) is 1. The quantitative estimate of drug-likeness (QED) is 0.864. The Kier molecular flexibility index (Phi) is 5.82. The smallest absolute Gasteiger partial charge is 0.240 e. The van der Waals surface area contributed by atoms with Gasteiger partial charge in [-0.05, 0) is 45.1 Å². The molecule has 1 aromatic carbocycles. The van der Waals surface area contributed by atoms with E-state index in [2.05, 4.69) is 18.3 Å². The number of nitrogens with two attached hydrogens (primary N) is 1. The molecule has 2 unspecified atom stereocenters. The molecule has 1 spiro atoms. The Morgan fingerprint density at radius 3 is 2.71 bits per heavy atom. The number of carbonyl (C=O) groups excluding carboxylic acids is 1. The number of fused-ring (bicyclic) bond motifs is 1. The average molecular weight is 353 g/mol. The Labute approximate surface area is 150 Å². The van der Waals surface area contributed by atoms with E-state index in [1.807, 2.05) is 25.1 Å². The molecule has 2 atom stereocenters. The summed E-state index contributed by atoms with van der Waals surface area (Å²) < 4.78 is 6.34. The van der Waals surface area contributed by atoms with E-state index in [4.69, 9.17) is 10.5 Å². The molecule has 0 bridgehead atoms. The molecular weight excluding hydrogens is 324 g/mol. The highest BCUT2D eigenvalue weighted by atomic mass is 35.5. The van der Waals surface area contributed by atoms with Gasteiger partial charge in [0.1, 0.15) is 11.4 Å². The molecule has 1 aliphatic carbocycles. The van der Waals surface area contributed by atoms with Gasteiger partial charge < -0.3 is 15.8 Å². The van der Waals surface area contributed by atoms with Crippen LogP contribution in [0.3, 0.4) is 0 Å². The lowest BCUT2D eigenvalue weighted by Crippen LogP contribution is -2.54. The fourth-order valence-electron chi connectivity index (χ4n) is 4.03. The van der Waals surface area contributed by atoms with Gasteiger partial charge in [-0.1, -0.05) is 31.5 Å². The van der Waals surface area contributed by atoms with Crippen LogP contribution in [0.25, 0.3) is 0 Å². The maximum Gasteiger partial charge on any atom is 0.240 e. The lowest BCUT2D eigenvalue weighted by Gasteiger charge is -2.41. The van der Waals surface area contributed by atoms with Crippen LogP contribution in [-0.2, 0) is 4.79 Å². The van der Waals surface area contributed by atoms with Crippen LogP contribution in [0.2, 0.25) is 0 Å². The number of halogens is 1. The Hall–Kier alpha value is -1.26. The minimum atomic E-state index is -0.815. The third-order valence-electron chi connectivity index (χ3n) is 5.31. The Morgan fingerprint density at radius 2 is 2.04 bits per heavy atom. The van der Waals surface area contributed by atoms with Gasteiger partial charge in [-0.2, -0.15) is 0 Å². The summed E-state index contributed by atoms with van der Waals surface area (Å²) in [4.78, 5) is 12.7. The third kappa shape index (κ3) is 3.70. The maximum absolute atomic E-state index is 12.7. The van der Waals surface area contributed by atoms with Gasteiger partial charge in [-0.3, -0.25) is 4.79 Å². The normalized spacial score (nSPS) is 23.5. The van der Waals surface area contributed by atoms with Crippen molar-refractivity contribution in [1.82, 2.24) is 5.32 Å². The summed E-state index contributed by atoms with van der Waals surface area (Å²) in [5.74, 6) is 0.856. The van der Waals surface area contributed by atoms with Gasteiger partial charge in [0.25, 0.3) is 0 Å². The van der Waals surface area contributed by atoms with E-state index in [0.29, 0.717) is 6.42 Å². The van der Waals surface area contributed by atoms with Crippen LogP contribution < -0.4 is 15.8 Å². The number of para-hydroxylation sites is 1. The monoisotopic (exact) mass is 352 g/mol. The van der Waals surface area contributed by atoms with Crippen molar-refractivity contribution in [2.45, 2.75) is 76.0 Å². The number of rotatable bonds is 4. The van der Waals surface area contributed by atoms with Gasteiger partial charge in [0.05, 0.1) is 11.6 Å². The zero-order valence-electron chi connectivity index (χ0n) is 14.6. The molecule has 134 valence electrons. The number of benzene rings is 1. The van der Waals surface area contributed by atoms with Gasteiger partial charge >= 0.3 is 0 Å². The first-order chi connectivity index (χ1) is 11.0. The first kappa shape index (κ1) is 19.1. The molecule has 2 aliphatic rings. The topological polar surface area (TPSA) is 64.4 Å². The van der Waals surface area contributed by atoms with E-state index in [0.717, 1.165) is 37.0 Å². The summed E-state index contributed by atoms with van der Waals surface area (Å²) in [5, 5.41) is 3.21. The molecule has 0 saturated heterocycles. The Bertz CT molecular complexity index is 582. The van der Waals surface area contributed by atoms with E-state index < -0.39 is 5.54 Å². The van der Waals surface area contributed by atoms with Gasteiger partial charge in [0.15, 0.2) is 0 Å². The minimum Gasteiger partial charge on any atom is -0.487 e. The van der Waals surface area contributed by atoms with Gasteiger partial charge in [0, 0.05) is 12.0 Å². The average Bonchev–Trinajstić information content (AvgIpc) is 2.94. The summed E-state index contributed by atoms with van der Waals surface area (Å²) in [5.41, 5.74) is 6.36. The van der Waals surface area contributed by atoms with Crippen molar-refractivity contribution in [1.29, 1.82) is 0 Å². The summed E-state index contributed by atoms with van der Waals surface area (Å²) in [6, 6.07) is 8.06. The number of hydrogen-bond donors (Lipinski definition) is 2. The van der Waals surface area contributed by atoms with Crippen LogP contribution in [0.1, 0.15) is 70.4 Å². The molecule has 3 rings (SSSR count). The second kappa shape index (κ2) is 7.32. The number of ether oxygens (including phenoxy) is 1. The molecule has 4 nitrogen and oxygen atoms in total. The van der Waals surface area contributed by atoms with Crippen molar-refractivity contribution in [2.24, 2.45) is 5.73 Å². The highest BCUT2D eigenvalue weighted by molar-refractivity contribution is 5.86. The van der Waals surface area contributed by atoms with Crippen LogP contribution in [0.15, 0.2) is 24.3 Å². The van der Waals surface area contributed by atoms with E-state index in [1.54, 1.807) is 0 Å². The van der Waals surface area contributed by atoms with E-state index in [9.17, 15) is 4.79 Å². The third-order valence-corrected chi connectivity index (χ3v) is 5.31. The van der Waals surface area contributed by atoms with E-state index in [-0.39, 0.29) is 30.0 Å². The molecule has 5 heteroatoms. The number of hydrogen-bond acceptors (Lipinski definition) is 3. The van der Waals surface area contributed by atoms with Crippen LogP contribution in [0.4, 0.5) is 0 Å². The highest BCUT2D eigenvalue weighted by Crippen LogP contribution is 2.47. The fraction of sp³-hybridized carbons (Fsp3) is 0.632. The van der Waals surface area contributed by atoms with Crippen molar-refractivity contribution in [3.05, 3.63) is 29.8 Å². The van der Waals surface area contributed by atoms with Crippen molar-refractivity contribution in [3.8, 4) is 5.75 Å². The van der Waals surface area contributed by atoms with Crippen LogP contribution in [-0.4, -0.2) is 17.0 Å². The lowest BCUT2D eigenvalue weighted by atomic mass is 9.85. The van der Waals surface area contributed by atoms with E-state index in [1.165, 1.54) is 12.8 Å². The summed E-state index contributed by atoms with van der Waals surface area (Å²) in [6.07, 6.45) is 6.98. The molecule has 1 saturated carbocycles. The van der Waals surface area contributed by atoms with Crippen LogP contribution >= 0.6 is 12.4 Å². The predicted octanol–water partition coefficient (Wildman–Crippen LogP) is 3.88. The molecule has 1 aliphatic heterocycles. The van der Waals surface area contributed by atoms with Gasteiger partial charge in [-0.25, -0.2) is 0 Å². The number of carbonyl (C=O) groups is 1. The maximum atomic E-state index is 12.7. The molecule has 1 aromatic rings. The first-order valence-corrected chi connectivity index (χ1v) is 8.84. The second-order valence-electron chi connectivity index (χ2n) is 7.43. The molecule has 0 radical (unpaired) electrons. The Balaban J connectivity index is 0.00000208. The van der Waals surface area contributed by atoms with Crippen molar-refractivity contribution in [2.75, 3.05) is 0 Å². The molecule has 1 fully saturated rings. The first-order valence-electron chi connectivity index (χ1n) is 8.84. The largest absolute Gasteiger partial charge is 0.487 e. The molecule has 1 heterocycles. The molecule has 0 aromatic heterocycles. The van der Waals surface area contributed by atoms with Crippen LogP contribution in [0.5, 0.6) is 5.75 Å². The number of amides is 1. The van der Waals surface area contributed by atoms with Crippen LogP contribution in [0, 0.1) is 0 Å². The fourth-order valence-corrected chi connectivity index (χ4v) is 4.03. The molecule has 24 heavy (non-hydrogen) atoms. The van der Waals surface area contributed by atoms with Crippen molar-refractivity contribution >= 4 is 18.3 Å². The minimum absolute atomic E-state index is 0. The highest BCUT2D eigenvalue weighted by Gasteiger charge is 2.44.